The highest BCUT2D eigenvalue weighted by molar-refractivity contribution is 5.93. The van der Waals surface area contributed by atoms with Crippen LogP contribution in [0.1, 0.15) is 25.0 Å². The maximum absolute atomic E-state index is 12.9. The normalized spacial score (nSPS) is 21.3. The topological polar surface area (TPSA) is 60.1 Å². The number of para-hydroxylation sites is 1. The van der Waals surface area contributed by atoms with Crippen molar-refractivity contribution in [2.45, 2.75) is 25.8 Å². The molecule has 2 aromatic heterocycles. The quantitative estimate of drug-likeness (QED) is 0.668. The molecule has 0 saturated carbocycles. The number of piperidine rings is 1. The molecule has 1 saturated heterocycles. The zero-order valence-electron chi connectivity index (χ0n) is 15.6. The predicted octanol–water partition coefficient (Wildman–Crippen LogP) is 2.37. The van der Waals surface area contributed by atoms with Gasteiger partial charge in [0.2, 0.25) is 5.91 Å². The zero-order chi connectivity index (χ0) is 18.7. The van der Waals surface area contributed by atoms with E-state index in [0.717, 1.165) is 40.8 Å². The lowest BCUT2D eigenvalue weighted by Gasteiger charge is -2.42. The third kappa shape index (κ3) is 2.51. The summed E-state index contributed by atoms with van der Waals surface area (Å²) in [4.78, 5) is 26.7. The minimum atomic E-state index is 0.0307. The number of likely N-dealkylation sites (tertiary alicyclic amines) is 1. The molecule has 4 heterocycles. The van der Waals surface area contributed by atoms with E-state index >= 15 is 0 Å². The van der Waals surface area contributed by atoms with Gasteiger partial charge in [0.05, 0.1) is 5.52 Å². The van der Waals surface area contributed by atoms with Crippen LogP contribution in [0.3, 0.4) is 0 Å². The number of pyridine rings is 1. The van der Waals surface area contributed by atoms with Gasteiger partial charge in [-0.15, -0.1) is 0 Å². The van der Waals surface area contributed by atoms with E-state index in [1.54, 1.807) is 13.0 Å². The van der Waals surface area contributed by atoms with Gasteiger partial charge < -0.3 is 9.47 Å². The summed E-state index contributed by atoms with van der Waals surface area (Å²) in [6.45, 7) is 3.77. The van der Waals surface area contributed by atoms with Crippen LogP contribution in [0.15, 0.2) is 41.2 Å². The Labute approximate surface area is 157 Å². The fraction of sp³-hybridized carbons (Fsp3) is 0.381. The Morgan fingerprint density at radius 3 is 2.78 bits per heavy atom. The standard InChI is InChI=1S/C21H22N4O2/c1-13(26)24-10-14-7-16(12-24)19-8-15(9-20(27)25(19)11-14)21-17-5-3-4-6-18(17)23(2)22-21/h3-6,8-9,14,16H,7,10-12H2,1-2H3/t14-,16+/m0/s1. The van der Waals surface area contributed by atoms with Crippen molar-refractivity contribution in [2.24, 2.45) is 13.0 Å². The number of hydrogen-bond acceptors (Lipinski definition) is 3. The van der Waals surface area contributed by atoms with Gasteiger partial charge in [-0.3, -0.25) is 14.3 Å². The van der Waals surface area contributed by atoms with Crippen molar-refractivity contribution in [3.63, 3.8) is 0 Å². The van der Waals surface area contributed by atoms with Crippen molar-refractivity contribution >= 4 is 16.8 Å². The second-order valence-electron chi connectivity index (χ2n) is 7.83. The van der Waals surface area contributed by atoms with Gasteiger partial charge >= 0.3 is 0 Å². The minimum Gasteiger partial charge on any atom is -0.342 e. The van der Waals surface area contributed by atoms with Gasteiger partial charge in [0.1, 0.15) is 5.69 Å². The number of fused-ring (bicyclic) bond motifs is 5. The lowest BCUT2D eigenvalue weighted by Crippen LogP contribution is -2.48. The Morgan fingerprint density at radius 2 is 1.96 bits per heavy atom. The fourth-order valence-corrected chi connectivity index (χ4v) is 4.78. The molecule has 0 radical (unpaired) electrons. The van der Waals surface area contributed by atoms with Gasteiger partial charge in [0.15, 0.2) is 0 Å². The summed E-state index contributed by atoms with van der Waals surface area (Å²) in [5.74, 6) is 0.691. The molecule has 0 spiro atoms. The predicted molar refractivity (Wildman–Crippen MR) is 104 cm³/mol. The molecule has 2 bridgehead atoms. The minimum absolute atomic E-state index is 0.0307. The molecule has 5 rings (SSSR count). The number of amides is 1. The maximum atomic E-state index is 12.9. The monoisotopic (exact) mass is 362 g/mol. The number of hydrogen-bond donors (Lipinski definition) is 0. The summed E-state index contributed by atoms with van der Waals surface area (Å²) >= 11 is 0. The lowest BCUT2D eigenvalue weighted by molar-refractivity contribution is -0.131. The van der Waals surface area contributed by atoms with Gasteiger partial charge in [-0.25, -0.2) is 0 Å². The van der Waals surface area contributed by atoms with Crippen LogP contribution in [0.2, 0.25) is 0 Å². The van der Waals surface area contributed by atoms with E-state index in [1.165, 1.54) is 0 Å². The number of carbonyl (C=O) groups is 1. The van der Waals surface area contributed by atoms with E-state index in [9.17, 15) is 9.59 Å². The Balaban J connectivity index is 1.65. The summed E-state index contributed by atoms with van der Waals surface area (Å²) in [5.41, 5.74) is 3.82. The van der Waals surface area contributed by atoms with Crippen LogP contribution >= 0.6 is 0 Å². The van der Waals surface area contributed by atoms with Crippen molar-refractivity contribution in [1.29, 1.82) is 0 Å². The average Bonchev–Trinajstić information content (AvgIpc) is 2.99. The molecular weight excluding hydrogens is 340 g/mol. The number of benzene rings is 1. The van der Waals surface area contributed by atoms with Gasteiger partial charge in [0, 0.05) is 62.2 Å². The molecule has 2 atom stereocenters. The van der Waals surface area contributed by atoms with E-state index in [-0.39, 0.29) is 17.4 Å². The van der Waals surface area contributed by atoms with Gasteiger partial charge in [0.25, 0.3) is 5.56 Å². The second kappa shape index (κ2) is 5.81. The average molecular weight is 362 g/mol. The van der Waals surface area contributed by atoms with Crippen molar-refractivity contribution in [3.05, 3.63) is 52.4 Å². The fourth-order valence-electron chi connectivity index (χ4n) is 4.78. The smallest absolute Gasteiger partial charge is 0.251 e. The third-order valence-corrected chi connectivity index (χ3v) is 6.03. The number of carbonyl (C=O) groups excluding carboxylic acids is 1. The van der Waals surface area contributed by atoms with E-state index in [4.69, 9.17) is 0 Å². The lowest BCUT2D eigenvalue weighted by atomic mass is 9.82. The Kier molecular flexibility index (Phi) is 3.50. The molecule has 1 aromatic carbocycles. The van der Waals surface area contributed by atoms with Gasteiger partial charge in [-0.2, -0.15) is 5.10 Å². The van der Waals surface area contributed by atoms with Crippen molar-refractivity contribution < 1.29 is 4.79 Å². The van der Waals surface area contributed by atoms with Crippen molar-refractivity contribution in [1.82, 2.24) is 19.2 Å². The first-order valence-corrected chi connectivity index (χ1v) is 9.43. The van der Waals surface area contributed by atoms with Crippen molar-refractivity contribution in [3.8, 4) is 11.3 Å². The number of nitrogens with zero attached hydrogens (tertiary/aromatic N) is 4. The summed E-state index contributed by atoms with van der Waals surface area (Å²) in [5, 5.41) is 5.73. The largest absolute Gasteiger partial charge is 0.342 e. The Hall–Kier alpha value is -2.89. The molecule has 0 N–H and O–H groups in total. The number of rotatable bonds is 1. The summed E-state index contributed by atoms with van der Waals surface area (Å²) in [6, 6.07) is 11.9. The summed E-state index contributed by atoms with van der Waals surface area (Å²) in [7, 11) is 1.92. The van der Waals surface area contributed by atoms with Crippen LogP contribution in [-0.4, -0.2) is 38.2 Å². The molecular formula is C21H22N4O2. The van der Waals surface area contributed by atoms with Gasteiger partial charge in [-0.1, -0.05) is 18.2 Å². The van der Waals surface area contributed by atoms with Crippen LogP contribution in [-0.2, 0) is 18.4 Å². The molecule has 1 fully saturated rings. The third-order valence-electron chi connectivity index (χ3n) is 6.03. The summed E-state index contributed by atoms with van der Waals surface area (Å²) < 4.78 is 3.76. The molecule has 27 heavy (non-hydrogen) atoms. The first kappa shape index (κ1) is 16.3. The highest BCUT2D eigenvalue weighted by Crippen LogP contribution is 2.37. The number of aryl methyl sites for hydroxylation is 1. The molecule has 0 aliphatic carbocycles. The zero-order valence-corrected chi connectivity index (χ0v) is 15.6. The molecule has 6 nitrogen and oxygen atoms in total. The van der Waals surface area contributed by atoms with Gasteiger partial charge in [-0.05, 0) is 24.5 Å². The molecule has 2 aliphatic heterocycles. The molecule has 2 aliphatic rings. The van der Waals surface area contributed by atoms with Crippen LogP contribution < -0.4 is 5.56 Å². The highest BCUT2D eigenvalue weighted by atomic mass is 16.2. The van der Waals surface area contributed by atoms with Crippen LogP contribution in [0.25, 0.3) is 22.2 Å². The molecule has 3 aromatic rings. The highest BCUT2D eigenvalue weighted by Gasteiger charge is 2.35. The molecule has 1 amide bonds. The van der Waals surface area contributed by atoms with Crippen LogP contribution in [0, 0.1) is 5.92 Å². The van der Waals surface area contributed by atoms with E-state index < -0.39 is 0 Å². The molecule has 0 unspecified atom stereocenters. The number of aromatic nitrogens is 3. The summed E-state index contributed by atoms with van der Waals surface area (Å²) in [6.07, 6.45) is 1.04. The first-order chi connectivity index (χ1) is 13.0. The van der Waals surface area contributed by atoms with Crippen molar-refractivity contribution in [2.75, 3.05) is 13.1 Å². The van der Waals surface area contributed by atoms with E-state index in [1.807, 2.05) is 45.5 Å². The Morgan fingerprint density at radius 1 is 1.15 bits per heavy atom. The maximum Gasteiger partial charge on any atom is 0.251 e. The Bertz CT molecular complexity index is 1130. The SMILES string of the molecule is CC(=O)N1C[C@@H]2C[C@H](C1)c1cc(-c3nn(C)c4ccccc34)cc(=O)n1C2. The van der Waals surface area contributed by atoms with E-state index in [0.29, 0.717) is 19.0 Å². The van der Waals surface area contributed by atoms with Crippen LogP contribution in [0.4, 0.5) is 0 Å². The van der Waals surface area contributed by atoms with E-state index in [2.05, 4.69) is 11.2 Å². The van der Waals surface area contributed by atoms with Crippen LogP contribution in [0.5, 0.6) is 0 Å². The second-order valence-corrected chi connectivity index (χ2v) is 7.83. The first-order valence-electron chi connectivity index (χ1n) is 9.43. The molecule has 6 heteroatoms. The molecule has 138 valence electrons.